The molecule has 2 atom stereocenters. The van der Waals surface area contributed by atoms with Gasteiger partial charge < -0.3 is 19.8 Å². The largest absolute Gasteiger partial charge is 0.550 e. The van der Waals surface area contributed by atoms with E-state index in [1.807, 2.05) is 0 Å². The molecule has 106 valence electrons. The molecule has 0 fully saturated rings. The predicted molar refractivity (Wildman–Crippen MR) is 65.3 cm³/mol. The number of carbonyl (C=O) groups is 2. The van der Waals surface area contributed by atoms with Crippen molar-refractivity contribution in [2.75, 3.05) is 0 Å². The lowest BCUT2D eigenvalue weighted by molar-refractivity contribution is -0.312. The number of carboxylic acid groups (broad SMARTS) is 2. The fraction of sp³-hybridized carbons (Fsp3) is 0.857. The number of rotatable bonds is 11. The van der Waals surface area contributed by atoms with E-state index in [4.69, 9.17) is 0 Å². The maximum Gasteiger partial charge on any atom is 0.0442 e. The Morgan fingerprint density at radius 1 is 0.722 bits per heavy atom. The summed E-state index contributed by atoms with van der Waals surface area (Å²) in [7, 11) is 0. The van der Waals surface area contributed by atoms with Gasteiger partial charge in [-0.15, -0.1) is 0 Å². The van der Waals surface area contributed by atoms with E-state index in [2.05, 4.69) is 0 Å². The predicted octanol–water partition coefficient (Wildman–Crippen LogP) is 0.879. The molecule has 18 heavy (non-hydrogen) atoms. The molecule has 0 aliphatic carbocycles. The summed E-state index contributed by atoms with van der Waals surface area (Å²) in [4.78, 5) is 20.9. The molecular weight excluding hydrogens is 232 g/mol. The highest BCUT2D eigenvalue weighted by Crippen LogP contribution is 2.14. The number of hydrogen-bond donors (Lipinski definition) is 0. The van der Waals surface area contributed by atoms with Crippen molar-refractivity contribution in [1.29, 1.82) is 0 Å². The van der Waals surface area contributed by atoms with Crippen molar-refractivity contribution in [3.05, 3.63) is 0 Å². The van der Waals surface area contributed by atoms with Crippen LogP contribution in [0.15, 0.2) is 0 Å². The van der Waals surface area contributed by atoms with Gasteiger partial charge in [0.1, 0.15) is 0 Å². The molecule has 0 N–H and O–H groups in total. The summed E-state index contributed by atoms with van der Waals surface area (Å²) in [5.41, 5.74) is 0. The molecule has 0 heterocycles. The van der Waals surface area contributed by atoms with Crippen LogP contribution in [0.25, 0.3) is 0 Å². The van der Waals surface area contributed by atoms with Gasteiger partial charge in [-0.05, 0) is 24.7 Å². The fourth-order valence-electron chi connectivity index (χ4n) is 1.84. The van der Waals surface area contributed by atoms with Crippen LogP contribution in [-0.2, 0) is 9.59 Å². The molecule has 4 nitrogen and oxygen atoms in total. The summed E-state index contributed by atoms with van der Waals surface area (Å²) in [6.45, 7) is 3.35. The Labute approximate surface area is 109 Å². The molecule has 0 bridgehead atoms. The Morgan fingerprint density at radius 3 is 1.28 bits per heavy atom. The van der Waals surface area contributed by atoms with Gasteiger partial charge >= 0.3 is 0 Å². The highest BCUT2D eigenvalue weighted by molar-refractivity contribution is 5.67. The molecule has 0 aromatic heterocycles. The lowest BCUT2D eigenvalue weighted by Gasteiger charge is -2.12. The second-order valence-electron chi connectivity index (χ2n) is 5.14. The first-order chi connectivity index (χ1) is 8.45. The lowest BCUT2D eigenvalue weighted by Crippen LogP contribution is -2.29. The summed E-state index contributed by atoms with van der Waals surface area (Å²) in [6.07, 6.45) is 7.45. The Bertz CT molecular complexity index is 224. The zero-order valence-electron chi connectivity index (χ0n) is 11.4. The van der Waals surface area contributed by atoms with E-state index < -0.39 is 11.9 Å². The average Bonchev–Trinajstić information content (AvgIpc) is 2.31. The molecule has 0 aliphatic rings. The van der Waals surface area contributed by atoms with E-state index in [9.17, 15) is 19.8 Å². The SMILES string of the molecule is C[C@@H](CCCCCCCC[C@H](C)C(=O)[O-])C(=O)[O-]. The van der Waals surface area contributed by atoms with Gasteiger partial charge in [-0.2, -0.15) is 0 Å². The zero-order chi connectivity index (χ0) is 14.0. The van der Waals surface area contributed by atoms with Crippen molar-refractivity contribution in [3.8, 4) is 0 Å². The quantitative estimate of drug-likeness (QED) is 0.514. The first-order valence-corrected chi connectivity index (χ1v) is 6.87. The smallest absolute Gasteiger partial charge is 0.0442 e. The number of unbranched alkanes of at least 4 members (excludes halogenated alkanes) is 5. The lowest BCUT2D eigenvalue weighted by atomic mass is 10.00. The van der Waals surface area contributed by atoms with Crippen molar-refractivity contribution in [3.63, 3.8) is 0 Å². The summed E-state index contributed by atoms with van der Waals surface area (Å²) in [6, 6.07) is 0. The zero-order valence-corrected chi connectivity index (χ0v) is 11.4. The topological polar surface area (TPSA) is 80.3 Å². The average molecular weight is 256 g/mol. The number of aliphatic carboxylic acids is 2. The summed E-state index contributed by atoms with van der Waals surface area (Å²) in [5.74, 6) is -2.64. The van der Waals surface area contributed by atoms with E-state index >= 15 is 0 Å². The third kappa shape index (κ3) is 9.02. The molecule has 0 rings (SSSR count). The van der Waals surface area contributed by atoms with Gasteiger partial charge in [0.05, 0.1) is 0 Å². The number of carbonyl (C=O) groups excluding carboxylic acids is 2. The minimum absolute atomic E-state index is 0.353. The van der Waals surface area contributed by atoms with Crippen LogP contribution >= 0.6 is 0 Å². The number of carboxylic acids is 2. The third-order valence-electron chi connectivity index (χ3n) is 3.33. The van der Waals surface area contributed by atoms with Gasteiger partial charge in [0, 0.05) is 11.9 Å². The normalized spacial score (nSPS) is 14.1. The maximum atomic E-state index is 10.5. The van der Waals surface area contributed by atoms with Crippen LogP contribution in [0, 0.1) is 11.8 Å². The first-order valence-electron chi connectivity index (χ1n) is 6.87. The highest BCUT2D eigenvalue weighted by atomic mass is 16.4. The Balaban J connectivity index is 3.26. The van der Waals surface area contributed by atoms with Crippen LogP contribution in [0.4, 0.5) is 0 Å². The molecule has 0 saturated heterocycles. The molecule has 4 heteroatoms. The van der Waals surface area contributed by atoms with Crippen LogP contribution in [0.3, 0.4) is 0 Å². The van der Waals surface area contributed by atoms with Crippen LogP contribution in [0.2, 0.25) is 0 Å². The molecule has 0 aromatic rings. The minimum Gasteiger partial charge on any atom is -0.550 e. The standard InChI is InChI=1S/C14H26O4/c1-11(13(15)16)9-7-5-3-4-6-8-10-12(2)14(17)18/h11-12H,3-10H2,1-2H3,(H,15,16)(H,17,18)/p-2/t11-,12-/m0/s1. The Kier molecular flexibility index (Phi) is 9.33. The molecule has 0 amide bonds. The van der Waals surface area contributed by atoms with E-state index in [0.717, 1.165) is 38.5 Å². The Morgan fingerprint density at radius 2 is 1.00 bits per heavy atom. The van der Waals surface area contributed by atoms with Gasteiger partial charge in [0.25, 0.3) is 0 Å². The van der Waals surface area contributed by atoms with Crippen molar-refractivity contribution in [2.45, 2.75) is 65.2 Å². The van der Waals surface area contributed by atoms with Gasteiger partial charge in [-0.3, -0.25) is 0 Å². The fourth-order valence-corrected chi connectivity index (χ4v) is 1.84. The monoisotopic (exact) mass is 256 g/mol. The summed E-state index contributed by atoms with van der Waals surface area (Å²) >= 11 is 0. The van der Waals surface area contributed by atoms with E-state index in [-0.39, 0.29) is 11.8 Å². The van der Waals surface area contributed by atoms with E-state index in [1.165, 1.54) is 0 Å². The molecule has 0 aliphatic heterocycles. The number of hydrogen-bond acceptors (Lipinski definition) is 4. The minimum atomic E-state index is -0.966. The molecular formula is C14H24O4-2. The van der Waals surface area contributed by atoms with Crippen LogP contribution in [-0.4, -0.2) is 11.9 Å². The summed E-state index contributed by atoms with van der Waals surface area (Å²) in [5, 5.41) is 20.9. The van der Waals surface area contributed by atoms with Gasteiger partial charge in [-0.1, -0.05) is 52.4 Å². The molecule has 0 aromatic carbocycles. The second kappa shape index (κ2) is 9.92. The van der Waals surface area contributed by atoms with Gasteiger partial charge in [0.15, 0.2) is 0 Å². The van der Waals surface area contributed by atoms with E-state index in [1.54, 1.807) is 13.8 Å². The van der Waals surface area contributed by atoms with Gasteiger partial charge in [0.2, 0.25) is 0 Å². The Hall–Kier alpha value is -1.06. The maximum absolute atomic E-state index is 10.5. The second-order valence-corrected chi connectivity index (χ2v) is 5.14. The van der Waals surface area contributed by atoms with Crippen LogP contribution < -0.4 is 10.2 Å². The van der Waals surface area contributed by atoms with Crippen molar-refractivity contribution < 1.29 is 19.8 Å². The molecule has 0 spiro atoms. The van der Waals surface area contributed by atoms with Crippen LogP contribution in [0.1, 0.15) is 65.2 Å². The van der Waals surface area contributed by atoms with Crippen molar-refractivity contribution >= 4 is 11.9 Å². The van der Waals surface area contributed by atoms with Crippen molar-refractivity contribution in [1.82, 2.24) is 0 Å². The third-order valence-corrected chi connectivity index (χ3v) is 3.33. The van der Waals surface area contributed by atoms with Crippen molar-refractivity contribution in [2.24, 2.45) is 11.8 Å². The van der Waals surface area contributed by atoms with Crippen LogP contribution in [0.5, 0.6) is 0 Å². The van der Waals surface area contributed by atoms with Gasteiger partial charge in [-0.25, -0.2) is 0 Å². The molecule has 0 unspecified atom stereocenters. The highest BCUT2D eigenvalue weighted by Gasteiger charge is 2.03. The molecule has 0 radical (unpaired) electrons. The molecule has 0 saturated carbocycles. The summed E-state index contributed by atoms with van der Waals surface area (Å²) < 4.78 is 0. The van der Waals surface area contributed by atoms with E-state index in [0.29, 0.717) is 12.8 Å². The first kappa shape index (κ1) is 16.9.